The van der Waals surface area contributed by atoms with Gasteiger partial charge >= 0.3 is 0 Å². The summed E-state index contributed by atoms with van der Waals surface area (Å²) in [4.78, 5) is 11.3. The number of carbonyl (C=O) groups is 1. The van der Waals surface area contributed by atoms with Gasteiger partial charge in [-0.3, -0.25) is 9.48 Å². The van der Waals surface area contributed by atoms with Crippen LogP contribution in [0.15, 0.2) is 24.3 Å². The molecule has 3 rings (SSSR count). The lowest BCUT2D eigenvalue weighted by Gasteiger charge is -2.00. The standard InChI is InChI=1S/C12H11ClN2O/c13-12(16)11-9-3-1-2-4-10(9)15(14-11)7-8-5-6-8/h1-4,8H,5-7H2. The number of rotatable bonds is 3. The van der Waals surface area contributed by atoms with Gasteiger partial charge in [0.15, 0.2) is 5.69 Å². The molecule has 1 heterocycles. The molecule has 1 aliphatic carbocycles. The van der Waals surface area contributed by atoms with Crippen LogP contribution in [0.2, 0.25) is 0 Å². The first-order chi connectivity index (χ1) is 7.75. The Morgan fingerprint density at radius 3 is 2.88 bits per heavy atom. The van der Waals surface area contributed by atoms with Crippen LogP contribution in [-0.4, -0.2) is 15.0 Å². The van der Waals surface area contributed by atoms with Gasteiger partial charge in [0.2, 0.25) is 0 Å². The maximum absolute atomic E-state index is 11.3. The zero-order valence-electron chi connectivity index (χ0n) is 8.69. The molecule has 3 nitrogen and oxygen atoms in total. The molecular formula is C12H11ClN2O. The van der Waals surface area contributed by atoms with Gasteiger partial charge in [-0.25, -0.2) is 0 Å². The molecule has 0 atom stereocenters. The van der Waals surface area contributed by atoms with Crippen molar-refractivity contribution >= 4 is 27.7 Å². The SMILES string of the molecule is O=C(Cl)c1nn(CC2CC2)c2ccccc12. The minimum Gasteiger partial charge on any atom is -0.274 e. The number of hydrogen-bond acceptors (Lipinski definition) is 2. The van der Waals surface area contributed by atoms with E-state index < -0.39 is 5.24 Å². The summed E-state index contributed by atoms with van der Waals surface area (Å²) in [6.07, 6.45) is 2.52. The maximum atomic E-state index is 11.3. The van der Waals surface area contributed by atoms with Gasteiger partial charge in [0.25, 0.3) is 5.24 Å². The number of aromatic nitrogens is 2. The highest BCUT2D eigenvalue weighted by atomic mass is 35.5. The third kappa shape index (κ3) is 1.61. The fraction of sp³-hybridized carbons (Fsp3) is 0.333. The average Bonchev–Trinajstić information content (AvgIpc) is 3.00. The minimum atomic E-state index is -0.481. The number of hydrogen-bond donors (Lipinski definition) is 0. The van der Waals surface area contributed by atoms with Gasteiger partial charge < -0.3 is 0 Å². The van der Waals surface area contributed by atoms with Crippen LogP contribution in [0.3, 0.4) is 0 Å². The fourth-order valence-electron chi connectivity index (χ4n) is 1.96. The second-order valence-corrected chi connectivity index (χ2v) is 4.61. The molecule has 0 radical (unpaired) electrons. The molecule has 0 spiro atoms. The molecule has 82 valence electrons. The average molecular weight is 235 g/mol. The van der Waals surface area contributed by atoms with Crippen LogP contribution in [0.25, 0.3) is 10.9 Å². The number of para-hydroxylation sites is 1. The lowest BCUT2D eigenvalue weighted by molar-refractivity contribution is 0.107. The Bertz CT molecular complexity index is 557. The van der Waals surface area contributed by atoms with E-state index in [1.165, 1.54) is 12.8 Å². The molecule has 0 bridgehead atoms. The van der Waals surface area contributed by atoms with Crippen molar-refractivity contribution in [3.63, 3.8) is 0 Å². The van der Waals surface area contributed by atoms with Crippen LogP contribution in [0.5, 0.6) is 0 Å². The Balaban J connectivity index is 2.15. The molecule has 0 aliphatic heterocycles. The van der Waals surface area contributed by atoms with Gasteiger partial charge in [-0.2, -0.15) is 5.10 Å². The van der Waals surface area contributed by atoms with E-state index in [0.29, 0.717) is 5.69 Å². The number of benzene rings is 1. The molecule has 4 heteroatoms. The summed E-state index contributed by atoms with van der Waals surface area (Å²) in [5.41, 5.74) is 1.37. The topological polar surface area (TPSA) is 34.9 Å². The first-order valence-electron chi connectivity index (χ1n) is 5.41. The van der Waals surface area contributed by atoms with E-state index in [9.17, 15) is 4.79 Å². The van der Waals surface area contributed by atoms with Gasteiger partial charge in [0.05, 0.1) is 5.52 Å². The van der Waals surface area contributed by atoms with Crippen molar-refractivity contribution in [3.05, 3.63) is 30.0 Å². The number of halogens is 1. The molecule has 0 unspecified atom stereocenters. The van der Waals surface area contributed by atoms with Crippen molar-refractivity contribution in [2.75, 3.05) is 0 Å². The monoisotopic (exact) mass is 234 g/mol. The first kappa shape index (κ1) is 9.85. The Morgan fingerprint density at radius 2 is 2.19 bits per heavy atom. The van der Waals surface area contributed by atoms with E-state index in [0.717, 1.165) is 23.4 Å². The Kier molecular flexibility index (Phi) is 2.21. The van der Waals surface area contributed by atoms with Crippen LogP contribution in [0, 0.1) is 5.92 Å². The molecule has 1 aromatic carbocycles. The highest BCUT2D eigenvalue weighted by Crippen LogP contribution is 2.32. The minimum absolute atomic E-state index is 0.373. The van der Waals surface area contributed by atoms with Crippen LogP contribution < -0.4 is 0 Å². The van der Waals surface area contributed by atoms with E-state index in [1.54, 1.807) is 0 Å². The van der Waals surface area contributed by atoms with Crippen molar-refractivity contribution in [3.8, 4) is 0 Å². The smallest absolute Gasteiger partial charge is 0.273 e. The van der Waals surface area contributed by atoms with E-state index in [4.69, 9.17) is 11.6 Å². The van der Waals surface area contributed by atoms with E-state index >= 15 is 0 Å². The molecule has 1 aromatic heterocycles. The second-order valence-electron chi connectivity index (χ2n) is 4.26. The van der Waals surface area contributed by atoms with Gasteiger partial charge in [-0.1, -0.05) is 18.2 Å². The summed E-state index contributed by atoms with van der Waals surface area (Å²) in [7, 11) is 0. The van der Waals surface area contributed by atoms with Crippen LogP contribution >= 0.6 is 11.6 Å². The Hall–Kier alpha value is -1.35. The van der Waals surface area contributed by atoms with Crippen molar-refractivity contribution in [1.82, 2.24) is 9.78 Å². The maximum Gasteiger partial charge on any atom is 0.273 e. The first-order valence-corrected chi connectivity index (χ1v) is 5.79. The van der Waals surface area contributed by atoms with Gasteiger partial charge in [-0.15, -0.1) is 0 Å². The Morgan fingerprint density at radius 1 is 1.44 bits per heavy atom. The third-order valence-electron chi connectivity index (χ3n) is 2.97. The highest BCUT2D eigenvalue weighted by Gasteiger charge is 2.24. The zero-order chi connectivity index (χ0) is 11.1. The van der Waals surface area contributed by atoms with Crippen LogP contribution in [-0.2, 0) is 6.54 Å². The highest BCUT2D eigenvalue weighted by molar-refractivity contribution is 6.68. The third-order valence-corrected chi connectivity index (χ3v) is 3.15. The molecule has 0 N–H and O–H groups in total. The number of carbonyl (C=O) groups excluding carboxylic acids is 1. The zero-order valence-corrected chi connectivity index (χ0v) is 9.44. The van der Waals surface area contributed by atoms with Crippen molar-refractivity contribution in [1.29, 1.82) is 0 Å². The second kappa shape index (κ2) is 3.59. The molecule has 2 aromatic rings. The molecule has 0 amide bonds. The summed E-state index contributed by atoms with van der Waals surface area (Å²) in [6.45, 7) is 0.894. The quantitative estimate of drug-likeness (QED) is 0.766. The van der Waals surface area contributed by atoms with Crippen molar-refractivity contribution < 1.29 is 4.79 Å². The summed E-state index contributed by atoms with van der Waals surface area (Å²) >= 11 is 5.53. The number of nitrogens with zero attached hydrogens (tertiary/aromatic N) is 2. The van der Waals surface area contributed by atoms with Gasteiger partial charge in [-0.05, 0) is 36.4 Å². The lowest BCUT2D eigenvalue weighted by atomic mass is 10.2. The predicted molar refractivity (Wildman–Crippen MR) is 62.6 cm³/mol. The Labute approximate surface area is 98.0 Å². The predicted octanol–water partition coefficient (Wildman–Crippen LogP) is 2.83. The summed E-state index contributed by atoms with van der Waals surface area (Å²) in [6, 6.07) is 7.72. The van der Waals surface area contributed by atoms with Gasteiger partial charge in [0, 0.05) is 11.9 Å². The van der Waals surface area contributed by atoms with Crippen LogP contribution in [0.1, 0.15) is 23.3 Å². The molecule has 0 saturated heterocycles. The van der Waals surface area contributed by atoms with Crippen molar-refractivity contribution in [2.24, 2.45) is 5.92 Å². The van der Waals surface area contributed by atoms with Crippen LogP contribution in [0.4, 0.5) is 0 Å². The largest absolute Gasteiger partial charge is 0.274 e. The molecule has 16 heavy (non-hydrogen) atoms. The summed E-state index contributed by atoms with van der Waals surface area (Å²) in [5, 5.41) is 4.67. The summed E-state index contributed by atoms with van der Waals surface area (Å²) < 4.78 is 1.91. The molecule has 1 fully saturated rings. The summed E-state index contributed by atoms with van der Waals surface area (Å²) in [5.74, 6) is 0.724. The van der Waals surface area contributed by atoms with E-state index in [1.807, 2.05) is 28.9 Å². The van der Waals surface area contributed by atoms with E-state index in [-0.39, 0.29) is 0 Å². The van der Waals surface area contributed by atoms with E-state index in [2.05, 4.69) is 5.10 Å². The van der Waals surface area contributed by atoms with Crippen molar-refractivity contribution in [2.45, 2.75) is 19.4 Å². The fourth-order valence-corrected chi connectivity index (χ4v) is 2.10. The molecular weight excluding hydrogens is 224 g/mol. The number of fused-ring (bicyclic) bond motifs is 1. The normalized spacial score (nSPS) is 15.6. The van der Waals surface area contributed by atoms with Gasteiger partial charge in [0.1, 0.15) is 0 Å². The molecule has 1 aliphatic rings. The lowest BCUT2D eigenvalue weighted by Crippen LogP contribution is -2.02. The molecule has 1 saturated carbocycles.